The first-order chi connectivity index (χ1) is 7.84. The monoisotopic (exact) mass is 217 g/mol. The van der Waals surface area contributed by atoms with Crippen molar-refractivity contribution in [1.29, 1.82) is 0 Å². The third-order valence-corrected chi connectivity index (χ3v) is 3.55. The lowest BCUT2D eigenvalue weighted by Gasteiger charge is -2.17. The van der Waals surface area contributed by atoms with Gasteiger partial charge in [0.05, 0.1) is 13.2 Å². The summed E-state index contributed by atoms with van der Waals surface area (Å²) in [4.78, 5) is 14.1. The summed E-state index contributed by atoms with van der Waals surface area (Å²) >= 11 is 0. The molecule has 2 heterocycles. The first kappa shape index (κ1) is 9.85. The largest absolute Gasteiger partial charge is 0.381 e. The van der Waals surface area contributed by atoms with Gasteiger partial charge in [-0.1, -0.05) is 18.2 Å². The average Bonchev–Trinajstić information content (AvgIpc) is 2.89. The predicted molar refractivity (Wildman–Crippen MR) is 60.1 cm³/mol. The Hall–Kier alpha value is -1.35. The number of hydrogen-bond acceptors (Lipinski definition) is 2. The number of carbonyl (C=O) groups excluding carboxylic acids is 1. The van der Waals surface area contributed by atoms with E-state index in [9.17, 15) is 4.79 Å². The predicted octanol–water partition coefficient (Wildman–Crippen LogP) is 1.41. The summed E-state index contributed by atoms with van der Waals surface area (Å²) in [7, 11) is 0. The number of likely N-dealkylation sites (tertiary alicyclic amines) is 1. The van der Waals surface area contributed by atoms with Crippen molar-refractivity contribution in [2.24, 2.45) is 11.8 Å². The summed E-state index contributed by atoms with van der Waals surface area (Å²) in [6.07, 6.45) is 0. The van der Waals surface area contributed by atoms with Crippen LogP contribution < -0.4 is 0 Å². The molecule has 0 aromatic heterocycles. The van der Waals surface area contributed by atoms with E-state index >= 15 is 0 Å². The maximum absolute atomic E-state index is 12.2. The molecular weight excluding hydrogens is 202 g/mol. The van der Waals surface area contributed by atoms with E-state index in [1.54, 1.807) is 0 Å². The second kappa shape index (κ2) is 3.91. The molecule has 0 unspecified atom stereocenters. The van der Waals surface area contributed by atoms with Crippen LogP contribution in [0.15, 0.2) is 30.3 Å². The van der Waals surface area contributed by atoms with E-state index in [-0.39, 0.29) is 5.91 Å². The van der Waals surface area contributed by atoms with Crippen LogP contribution in [0.2, 0.25) is 0 Å². The van der Waals surface area contributed by atoms with Crippen molar-refractivity contribution >= 4 is 5.91 Å². The van der Waals surface area contributed by atoms with Crippen LogP contribution in [-0.4, -0.2) is 37.1 Å². The Balaban J connectivity index is 1.73. The highest BCUT2D eigenvalue weighted by molar-refractivity contribution is 5.94. The molecule has 0 N–H and O–H groups in total. The zero-order valence-corrected chi connectivity index (χ0v) is 9.13. The molecule has 1 aromatic rings. The van der Waals surface area contributed by atoms with Crippen molar-refractivity contribution in [1.82, 2.24) is 4.90 Å². The summed E-state index contributed by atoms with van der Waals surface area (Å²) in [6.45, 7) is 3.36. The smallest absolute Gasteiger partial charge is 0.253 e. The molecular formula is C13H15NO2. The van der Waals surface area contributed by atoms with E-state index in [0.29, 0.717) is 11.8 Å². The Morgan fingerprint density at radius 3 is 2.38 bits per heavy atom. The summed E-state index contributed by atoms with van der Waals surface area (Å²) < 4.78 is 5.41. The van der Waals surface area contributed by atoms with Gasteiger partial charge in [-0.25, -0.2) is 0 Å². The minimum absolute atomic E-state index is 0.162. The fourth-order valence-electron chi connectivity index (χ4n) is 2.62. The van der Waals surface area contributed by atoms with E-state index in [1.165, 1.54) is 0 Å². The molecule has 1 amide bonds. The zero-order chi connectivity index (χ0) is 11.0. The van der Waals surface area contributed by atoms with Crippen LogP contribution in [0, 0.1) is 11.8 Å². The molecule has 0 bridgehead atoms. The van der Waals surface area contributed by atoms with E-state index in [0.717, 1.165) is 31.9 Å². The van der Waals surface area contributed by atoms with Gasteiger partial charge >= 0.3 is 0 Å². The Bertz CT molecular complexity index is 378. The van der Waals surface area contributed by atoms with Gasteiger partial charge in [-0.05, 0) is 12.1 Å². The fourth-order valence-corrected chi connectivity index (χ4v) is 2.62. The first-order valence-electron chi connectivity index (χ1n) is 5.76. The molecule has 0 saturated carbocycles. The molecule has 3 rings (SSSR count). The molecule has 0 aliphatic carbocycles. The topological polar surface area (TPSA) is 29.5 Å². The van der Waals surface area contributed by atoms with Crippen LogP contribution in [-0.2, 0) is 4.74 Å². The van der Waals surface area contributed by atoms with Crippen molar-refractivity contribution in [3.05, 3.63) is 35.9 Å². The highest BCUT2D eigenvalue weighted by Crippen LogP contribution is 2.29. The molecule has 2 aliphatic rings. The molecule has 2 aliphatic heterocycles. The lowest BCUT2D eigenvalue weighted by molar-refractivity contribution is 0.0751. The van der Waals surface area contributed by atoms with Gasteiger partial charge in [0.1, 0.15) is 0 Å². The molecule has 84 valence electrons. The number of hydrogen-bond donors (Lipinski definition) is 0. The summed E-state index contributed by atoms with van der Waals surface area (Å²) in [5.41, 5.74) is 0.795. The summed E-state index contributed by atoms with van der Waals surface area (Å²) in [5, 5.41) is 0. The lowest BCUT2D eigenvalue weighted by Crippen LogP contribution is -2.30. The minimum atomic E-state index is 0.162. The molecule has 3 nitrogen and oxygen atoms in total. The third-order valence-electron chi connectivity index (χ3n) is 3.55. The minimum Gasteiger partial charge on any atom is -0.381 e. The Labute approximate surface area is 95.0 Å². The molecule has 2 fully saturated rings. The molecule has 0 radical (unpaired) electrons. The molecule has 2 atom stereocenters. The number of nitrogens with zero attached hydrogens (tertiary/aromatic N) is 1. The van der Waals surface area contributed by atoms with Gasteiger partial charge in [0.2, 0.25) is 0 Å². The summed E-state index contributed by atoms with van der Waals surface area (Å²) in [6, 6.07) is 9.52. The highest BCUT2D eigenvalue weighted by atomic mass is 16.5. The maximum Gasteiger partial charge on any atom is 0.253 e. The molecule has 0 spiro atoms. The standard InChI is InChI=1S/C13H15NO2/c15-13(10-4-2-1-3-5-10)14-6-11-8-16-9-12(11)7-14/h1-5,11-12H,6-9H2/t11-,12-/m0/s1. The molecule has 1 aromatic carbocycles. The third kappa shape index (κ3) is 1.61. The van der Waals surface area contributed by atoms with Crippen LogP contribution in [0.4, 0.5) is 0 Å². The number of ether oxygens (including phenoxy) is 1. The quantitative estimate of drug-likeness (QED) is 0.711. The van der Waals surface area contributed by atoms with Crippen LogP contribution in [0.5, 0.6) is 0 Å². The van der Waals surface area contributed by atoms with Crippen LogP contribution in [0.3, 0.4) is 0 Å². The maximum atomic E-state index is 12.2. The number of carbonyl (C=O) groups is 1. The van der Waals surface area contributed by atoms with Crippen LogP contribution >= 0.6 is 0 Å². The van der Waals surface area contributed by atoms with E-state index < -0.39 is 0 Å². The average molecular weight is 217 g/mol. The molecule has 3 heteroatoms. The number of benzene rings is 1. The van der Waals surface area contributed by atoms with E-state index in [2.05, 4.69) is 0 Å². The zero-order valence-electron chi connectivity index (χ0n) is 9.13. The van der Waals surface area contributed by atoms with Gasteiger partial charge < -0.3 is 9.64 Å². The Morgan fingerprint density at radius 1 is 1.12 bits per heavy atom. The van der Waals surface area contributed by atoms with Crippen molar-refractivity contribution in [2.75, 3.05) is 26.3 Å². The van der Waals surface area contributed by atoms with Crippen molar-refractivity contribution < 1.29 is 9.53 Å². The van der Waals surface area contributed by atoms with Gasteiger partial charge in [-0.15, -0.1) is 0 Å². The number of rotatable bonds is 1. The Morgan fingerprint density at radius 2 is 1.75 bits per heavy atom. The normalized spacial score (nSPS) is 28.1. The van der Waals surface area contributed by atoms with Crippen molar-refractivity contribution in [3.8, 4) is 0 Å². The second-order valence-corrected chi connectivity index (χ2v) is 4.63. The number of fused-ring (bicyclic) bond motifs is 1. The van der Waals surface area contributed by atoms with Gasteiger partial charge in [-0.2, -0.15) is 0 Å². The SMILES string of the molecule is O=C(c1ccccc1)N1C[C@H]2COC[C@@H]2C1. The second-order valence-electron chi connectivity index (χ2n) is 4.63. The van der Waals surface area contributed by atoms with Gasteiger partial charge in [-0.3, -0.25) is 4.79 Å². The molecule has 2 saturated heterocycles. The van der Waals surface area contributed by atoms with Gasteiger partial charge in [0, 0.05) is 30.5 Å². The number of amides is 1. The van der Waals surface area contributed by atoms with Crippen LogP contribution in [0.25, 0.3) is 0 Å². The Kier molecular flexibility index (Phi) is 2.40. The van der Waals surface area contributed by atoms with Crippen LogP contribution in [0.1, 0.15) is 10.4 Å². The van der Waals surface area contributed by atoms with E-state index in [1.807, 2.05) is 35.2 Å². The van der Waals surface area contributed by atoms with Crippen molar-refractivity contribution in [3.63, 3.8) is 0 Å². The van der Waals surface area contributed by atoms with Crippen molar-refractivity contribution in [2.45, 2.75) is 0 Å². The van der Waals surface area contributed by atoms with Gasteiger partial charge in [0.15, 0.2) is 0 Å². The fraction of sp³-hybridized carbons (Fsp3) is 0.462. The van der Waals surface area contributed by atoms with E-state index in [4.69, 9.17) is 4.74 Å². The molecule has 16 heavy (non-hydrogen) atoms. The summed E-state index contributed by atoms with van der Waals surface area (Å²) in [5.74, 6) is 1.29. The van der Waals surface area contributed by atoms with Gasteiger partial charge in [0.25, 0.3) is 5.91 Å². The first-order valence-corrected chi connectivity index (χ1v) is 5.76. The lowest BCUT2D eigenvalue weighted by atomic mass is 10.0. The highest BCUT2D eigenvalue weighted by Gasteiger charge is 2.39.